The van der Waals surface area contributed by atoms with Crippen molar-refractivity contribution in [1.82, 2.24) is 10.2 Å². The SMILES string of the molecule is O=C1CCC(N2Cc3cc(O[C@H]4CCCC[C@H]4O)ccc3C2=O)C(=O)N1. The number of piperidine rings is 1. The van der Waals surface area contributed by atoms with Gasteiger partial charge in [0.1, 0.15) is 17.9 Å². The third-order valence-electron chi connectivity index (χ3n) is 5.45. The van der Waals surface area contributed by atoms with Gasteiger partial charge in [-0.25, -0.2) is 0 Å². The maximum Gasteiger partial charge on any atom is 0.255 e. The molecule has 2 heterocycles. The van der Waals surface area contributed by atoms with Crippen LogP contribution in [0.3, 0.4) is 0 Å². The maximum atomic E-state index is 12.7. The number of imide groups is 1. The minimum atomic E-state index is -0.614. The summed E-state index contributed by atoms with van der Waals surface area (Å²) in [5.41, 5.74) is 1.37. The monoisotopic (exact) mass is 358 g/mol. The van der Waals surface area contributed by atoms with E-state index < -0.39 is 18.1 Å². The van der Waals surface area contributed by atoms with Gasteiger partial charge in [0, 0.05) is 18.5 Å². The van der Waals surface area contributed by atoms with Crippen molar-refractivity contribution in [1.29, 1.82) is 0 Å². The zero-order valence-electron chi connectivity index (χ0n) is 14.4. The first-order valence-electron chi connectivity index (χ1n) is 9.15. The number of hydrogen-bond donors (Lipinski definition) is 2. The average Bonchev–Trinajstić information content (AvgIpc) is 2.93. The molecule has 3 amide bonds. The Morgan fingerprint density at radius 3 is 2.69 bits per heavy atom. The largest absolute Gasteiger partial charge is 0.488 e. The van der Waals surface area contributed by atoms with Gasteiger partial charge in [0.2, 0.25) is 11.8 Å². The molecule has 2 N–H and O–H groups in total. The van der Waals surface area contributed by atoms with Gasteiger partial charge < -0.3 is 14.7 Å². The van der Waals surface area contributed by atoms with Crippen molar-refractivity contribution in [3.63, 3.8) is 0 Å². The minimum Gasteiger partial charge on any atom is -0.488 e. The number of rotatable bonds is 3. The molecule has 1 saturated heterocycles. The normalized spacial score (nSPS) is 28.7. The van der Waals surface area contributed by atoms with E-state index in [0.29, 0.717) is 24.3 Å². The van der Waals surface area contributed by atoms with Gasteiger partial charge in [0.05, 0.1) is 6.10 Å². The van der Waals surface area contributed by atoms with E-state index in [1.54, 1.807) is 12.1 Å². The molecule has 7 heteroatoms. The summed E-state index contributed by atoms with van der Waals surface area (Å²) in [6.07, 6.45) is 3.53. The molecule has 2 fully saturated rings. The Morgan fingerprint density at radius 1 is 1.12 bits per heavy atom. The molecule has 2 aliphatic heterocycles. The second-order valence-corrected chi connectivity index (χ2v) is 7.23. The molecular weight excluding hydrogens is 336 g/mol. The van der Waals surface area contributed by atoms with Crippen LogP contribution in [0.4, 0.5) is 0 Å². The van der Waals surface area contributed by atoms with Gasteiger partial charge in [-0.1, -0.05) is 6.42 Å². The van der Waals surface area contributed by atoms with E-state index in [9.17, 15) is 19.5 Å². The van der Waals surface area contributed by atoms with Crippen LogP contribution in [0.2, 0.25) is 0 Å². The van der Waals surface area contributed by atoms with E-state index in [2.05, 4.69) is 5.32 Å². The molecule has 1 saturated carbocycles. The van der Waals surface area contributed by atoms with E-state index >= 15 is 0 Å². The molecule has 1 aromatic carbocycles. The lowest BCUT2D eigenvalue weighted by Gasteiger charge is -2.29. The number of aliphatic hydroxyl groups excluding tert-OH is 1. The number of fused-ring (bicyclic) bond motifs is 1. The third-order valence-corrected chi connectivity index (χ3v) is 5.45. The van der Waals surface area contributed by atoms with Gasteiger partial charge in [-0.15, -0.1) is 0 Å². The van der Waals surface area contributed by atoms with Crippen molar-refractivity contribution in [3.8, 4) is 5.75 Å². The molecule has 7 nitrogen and oxygen atoms in total. The summed E-state index contributed by atoms with van der Waals surface area (Å²) >= 11 is 0. The predicted molar refractivity (Wildman–Crippen MR) is 91.4 cm³/mol. The first kappa shape index (κ1) is 17.0. The molecule has 0 bridgehead atoms. The van der Waals surface area contributed by atoms with Crippen LogP contribution in [-0.4, -0.2) is 46.0 Å². The van der Waals surface area contributed by atoms with E-state index in [1.165, 1.54) is 4.90 Å². The number of ether oxygens (including phenoxy) is 1. The lowest BCUT2D eigenvalue weighted by atomic mass is 9.95. The standard InChI is InChI=1S/C19H22N2O5/c22-15-3-1-2-4-16(15)26-12-5-6-13-11(9-12)10-21(19(13)25)14-7-8-17(23)20-18(14)24/h5-6,9,14-16,22H,1-4,7-8,10H2,(H,20,23,24)/t14?,15-,16+/m1/s1. The number of carbonyl (C=O) groups excluding carboxylic acids is 3. The van der Waals surface area contributed by atoms with Crippen LogP contribution in [-0.2, 0) is 16.1 Å². The van der Waals surface area contributed by atoms with Gasteiger partial charge in [-0.3, -0.25) is 19.7 Å². The summed E-state index contributed by atoms with van der Waals surface area (Å²) in [5, 5.41) is 12.4. The Bertz CT molecular complexity index is 762. The van der Waals surface area contributed by atoms with Gasteiger partial charge in [-0.2, -0.15) is 0 Å². The van der Waals surface area contributed by atoms with Crippen molar-refractivity contribution >= 4 is 17.7 Å². The second kappa shape index (κ2) is 6.72. The number of nitrogens with one attached hydrogen (secondary N) is 1. The quantitative estimate of drug-likeness (QED) is 0.790. The van der Waals surface area contributed by atoms with Crippen LogP contribution in [0, 0.1) is 0 Å². The Hall–Kier alpha value is -2.41. The highest BCUT2D eigenvalue weighted by molar-refractivity contribution is 6.05. The summed E-state index contributed by atoms with van der Waals surface area (Å²) < 4.78 is 5.94. The molecule has 0 radical (unpaired) electrons. The molecule has 3 aliphatic rings. The fourth-order valence-corrected chi connectivity index (χ4v) is 4.01. The van der Waals surface area contributed by atoms with Crippen LogP contribution >= 0.6 is 0 Å². The van der Waals surface area contributed by atoms with Gasteiger partial charge >= 0.3 is 0 Å². The van der Waals surface area contributed by atoms with Crippen LogP contribution in [0.25, 0.3) is 0 Å². The third kappa shape index (κ3) is 3.07. The van der Waals surface area contributed by atoms with Gasteiger partial charge in [0.15, 0.2) is 0 Å². The number of amides is 3. The highest BCUT2D eigenvalue weighted by atomic mass is 16.5. The molecule has 26 heavy (non-hydrogen) atoms. The molecular formula is C19H22N2O5. The van der Waals surface area contributed by atoms with Crippen molar-refractivity contribution < 1.29 is 24.2 Å². The molecule has 1 aliphatic carbocycles. The average molecular weight is 358 g/mol. The lowest BCUT2D eigenvalue weighted by Crippen LogP contribution is -2.52. The number of hydrogen-bond acceptors (Lipinski definition) is 5. The fraction of sp³-hybridized carbons (Fsp3) is 0.526. The van der Waals surface area contributed by atoms with E-state index in [0.717, 1.165) is 31.2 Å². The number of aliphatic hydroxyl groups is 1. The zero-order valence-corrected chi connectivity index (χ0v) is 14.4. The Labute approximate surface area is 151 Å². The molecule has 1 unspecified atom stereocenters. The van der Waals surface area contributed by atoms with Crippen molar-refractivity contribution in [3.05, 3.63) is 29.3 Å². The van der Waals surface area contributed by atoms with Crippen LogP contribution < -0.4 is 10.1 Å². The number of benzene rings is 1. The Morgan fingerprint density at radius 2 is 1.92 bits per heavy atom. The van der Waals surface area contributed by atoms with E-state index in [4.69, 9.17) is 4.74 Å². The van der Waals surface area contributed by atoms with Crippen molar-refractivity contribution in [2.24, 2.45) is 0 Å². The van der Waals surface area contributed by atoms with Crippen molar-refractivity contribution in [2.45, 2.75) is 63.3 Å². The smallest absolute Gasteiger partial charge is 0.255 e. The number of carbonyl (C=O) groups is 3. The molecule has 3 atom stereocenters. The summed E-state index contributed by atoms with van der Waals surface area (Å²) in [6, 6.07) is 4.66. The summed E-state index contributed by atoms with van der Waals surface area (Å²) in [7, 11) is 0. The van der Waals surface area contributed by atoms with Crippen LogP contribution in [0.1, 0.15) is 54.4 Å². The van der Waals surface area contributed by atoms with Gasteiger partial charge in [-0.05, 0) is 49.4 Å². The molecule has 4 rings (SSSR count). The first-order valence-corrected chi connectivity index (χ1v) is 9.15. The lowest BCUT2D eigenvalue weighted by molar-refractivity contribution is -0.136. The highest BCUT2D eigenvalue weighted by Gasteiger charge is 2.39. The van der Waals surface area contributed by atoms with E-state index in [-0.39, 0.29) is 24.3 Å². The Kier molecular flexibility index (Phi) is 4.40. The van der Waals surface area contributed by atoms with E-state index in [1.807, 2.05) is 6.07 Å². The highest BCUT2D eigenvalue weighted by Crippen LogP contribution is 2.31. The van der Waals surface area contributed by atoms with Gasteiger partial charge in [0.25, 0.3) is 5.91 Å². The molecule has 138 valence electrons. The van der Waals surface area contributed by atoms with Crippen molar-refractivity contribution in [2.75, 3.05) is 0 Å². The molecule has 0 spiro atoms. The molecule has 1 aromatic rings. The van der Waals surface area contributed by atoms with Crippen LogP contribution in [0.5, 0.6) is 5.75 Å². The first-order chi connectivity index (χ1) is 12.5. The summed E-state index contributed by atoms with van der Waals surface area (Å²) in [5.74, 6) is -0.271. The summed E-state index contributed by atoms with van der Waals surface area (Å²) in [4.78, 5) is 37.6. The Balaban J connectivity index is 1.49. The maximum absolute atomic E-state index is 12.7. The topological polar surface area (TPSA) is 95.9 Å². The fourth-order valence-electron chi connectivity index (χ4n) is 4.01. The second-order valence-electron chi connectivity index (χ2n) is 7.23. The number of nitrogens with zero attached hydrogens (tertiary/aromatic N) is 1. The predicted octanol–water partition coefficient (Wildman–Crippen LogP) is 1.13. The summed E-state index contributed by atoms with van der Waals surface area (Å²) in [6.45, 7) is 0.324. The van der Waals surface area contributed by atoms with Crippen LogP contribution in [0.15, 0.2) is 18.2 Å². The zero-order chi connectivity index (χ0) is 18.3. The molecule has 0 aromatic heterocycles. The minimum absolute atomic E-state index is 0.196.